The molecule has 0 aliphatic heterocycles. The quantitative estimate of drug-likeness (QED) is 0.555. The van der Waals surface area contributed by atoms with Crippen LogP contribution in [0.4, 0.5) is 0 Å². The van der Waals surface area contributed by atoms with Gasteiger partial charge in [0.05, 0.1) is 0 Å². The second-order valence-corrected chi connectivity index (χ2v) is 3.31. The van der Waals surface area contributed by atoms with Crippen LogP contribution in [-0.2, 0) is 4.79 Å². The Kier molecular flexibility index (Phi) is 6.73. The van der Waals surface area contributed by atoms with E-state index in [2.05, 4.69) is 6.92 Å². The van der Waals surface area contributed by atoms with Crippen molar-refractivity contribution in [3.63, 3.8) is 0 Å². The maximum atomic E-state index is 11.1. The van der Waals surface area contributed by atoms with Crippen molar-refractivity contribution < 1.29 is 4.79 Å². The molecule has 0 aromatic heterocycles. The molecule has 0 rings (SSSR count). The highest BCUT2D eigenvalue weighted by atomic mass is 16.1. The molecule has 0 radical (unpaired) electrons. The lowest BCUT2D eigenvalue weighted by Gasteiger charge is -1.98. The molecule has 0 unspecified atom stereocenters. The first-order valence-electron chi connectivity index (χ1n) is 4.90. The van der Waals surface area contributed by atoms with E-state index in [0.717, 1.165) is 12.8 Å². The molecule has 0 aromatic carbocycles. The van der Waals surface area contributed by atoms with Gasteiger partial charge in [-0.2, -0.15) is 0 Å². The van der Waals surface area contributed by atoms with Gasteiger partial charge in [0.15, 0.2) is 5.78 Å². The lowest BCUT2D eigenvalue weighted by atomic mass is 10.1. The summed E-state index contributed by atoms with van der Waals surface area (Å²) in [5.41, 5.74) is 1.23. The number of allylic oxidation sites excluding steroid dienone is 2. The normalized spacial score (nSPS) is 11.8. The van der Waals surface area contributed by atoms with E-state index >= 15 is 0 Å². The van der Waals surface area contributed by atoms with Crippen LogP contribution >= 0.6 is 0 Å². The number of unbranched alkanes of at least 4 members (excludes halogenated alkanes) is 1. The third-order valence-electron chi connectivity index (χ3n) is 1.83. The third kappa shape index (κ3) is 6.14. The number of ketones is 1. The largest absolute Gasteiger partial charge is 0.295 e. The summed E-state index contributed by atoms with van der Waals surface area (Å²) < 4.78 is 0. The van der Waals surface area contributed by atoms with E-state index in [1.54, 1.807) is 6.08 Å². The first-order valence-corrected chi connectivity index (χ1v) is 4.90. The molecule has 0 spiro atoms. The monoisotopic (exact) mass is 168 g/mol. The molecule has 0 saturated heterocycles. The van der Waals surface area contributed by atoms with Gasteiger partial charge < -0.3 is 0 Å². The second-order valence-electron chi connectivity index (χ2n) is 3.31. The van der Waals surface area contributed by atoms with Crippen molar-refractivity contribution in [3.8, 4) is 0 Å². The molecule has 0 atom stereocenters. The van der Waals surface area contributed by atoms with Crippen molar-refractivity contribution in [3.05, 3.63) is 11.6 Å². The van der Waals surface area contributed by atoms with E-state index in [-0.39, 0.29) is 5.78 Å². The summed E-state index contributed by atoms with van der Waals surface area (Å²) >= 11 is 0. The predicted octanol–water partition coefficient (Wildman–Crippen LogP) is 3.49. The third-order valence-corrected chi connectivity index (χ3v) is 1.83. The zero-order chi connectivity index (χ0) is 9.40. The molecular formula is C11H20O. The molecule has 0 aliphatic rings. The fourth-order valence-electron chi connectivity index (χ4n) is 1.12. The summed E-state index contributed by atoms with van der Waals surface area (Å²) in [6.45, 7) is 6.25. The number of carbonyl (C=O) groups is 1. The van der Waals surface area contributed by atoms with Crippen molar-refractivity contribution >= 4 is 5.78 Å². The minimum absolute atomic E-state index is 0.283. The molecule has 0 aromatic rings. The fraction of sp³-hybridized carbons (Fsp3) is 0.727. The lowest BCUT2D eigenvalue weighted by Crippen LogP contribution is -1.92. The molecule has 0 heterocycles. The Bertz CT molecular complexity index is 156. The van der Waals surface area contributed by atoms with E-state index < -0.39 is 0 Å². The van der Waals surface area contributed by atoms with E-state index in [0.29, 0.717) is 6.42 Å². The molecule has 12 heavy (non-hydrogen) atoms. The Labute approximate surface area is 75.9 Å². The van der Waals surface area contributed by atoms with Crippen LogP contribution in [-0.4, -0.2) is 5.78 Å². The van der Waals surface area contributed by atoms with Crippen LogP contribution in [0.25, 0.3) is 0 Å². The predicted molar refractivity (Wildman–Crippen MR) is 53.2 cm³/mol. The van der Waals surface area contributed by atoms with E-state index in [9.17, 15) is 4.79 Å². The van der Waals surface area contributed by atoms with Gasteiger partial charge in [-0.1, -0.05) is 25.8 Å². The Morgan fingerprint density at radius 1 is 1.17 bits per heavy atom. The minimum Gasteiger partial charge on any atom is -0.295 e. The Morgan fingerprint density at radius 2 is 1.83 bits per heavy atom. The maximum Gasteiger partial charge on any atom is 0.155 e. The summed E-state index contributed by atoms with van der Waals surface area (Å²) in [6, 6.07) is 0. The summed E-state index contributed by atoms with van der Waals surface area (Å²) in [4.78, 5) is 11.1. The lowest BCUT2D eigenvalue weighted by molar-refractivity contribution is -0.114. The zero-order valence-corrected chi connectivity index (χ0v) is 8.52. The molecular weight excluding hydrogens is 148 g/mol. The van der Waals surface area contributed by atoms with Crippen LogP contribution in [0.2, 0.25) is 0 Å². The van der Waals surface area contributed by atoms with E-state index in [1.165, 1.54) is 18.4 Å². The van der Waals surface area contributed by atoms with Gasteiger partial charge in [-0.25, -0.2) is 0 Å². The van der Waals surface area contributed by atoms with Gasteiger partial charge in [-0.15, -0.1) is 0 Å². The standard InChI is InChI=1S/C11H20O/c1-4-6-8-10(3)9-11(12)7-5-2/h9H,4-8H2,1-3H3/b10-9+. The molecule has 0 fully saturated rings. The van der Waals surface area contributed by atoms with Crippen LogP contribution in [0.5, 0.6) is 0 Å². The second kappa shape index (κ2) is 7.08. The molecule has 0 amide bonds. The summed E-state index contributed by atoms with van der Waals surface area (Å²) in [5, 5.41) is 0. The summed E-state index contributed by atoms with van der Waals surface area (Å²) in [5.74, 6) is 0.283. The number of hydrogen-bond donors (Lipinski definition) is 0. The van der Waals surface area contributed by atoms with Crippen LogP contribution in [0.1, 0.15) is 52.9 Å². The van der Waals surface area contributed by atoms with Crippen LogP contribution in [0.15, 0.2) is 11.6 Å². The van der Waals surface area contributed by atoms with Gasteiger partial charge in [-0.05, 0) is 32.3 Å². The van der Waals surface area contributed by atoms with Crippen LogP contribution < -0.4 is 0 Å². The SMILES string of the molecule is CCCC/C(C)=C/C(=O)CCC. The Morgan fingerprint density at radius 3 is 2.33 bits per heavy atom. The highest BCUT2D eigenvalue weighted by molar-refractivity contribution is 5.90. The van der Waals surface area contributed by atoms with Crippen LogP contribution in [0, 0.1) is 0 Å². The van der Waals surface area contributed by atoms with Crippen molar-refractivity contribution in [2.75, 3.05) is 0 Å². The number of hydrogen-bond acceptors (Lipinski definition) is 1. The van der Waals surface area contributed by atoms with Gasteiger partial charge in [-0.3, -0.25) is 4.79 Å². The Balaban J connectivity index is 3.72. The number of rotatable bonds is 6. The molecule has 1 heteroatoms. The van der Waals surface area contributed by atoms with Crippen LogP contribution in [0.3, 0.4) is 0 Å². The molecule has 0 N–H and O–H groups in total. The minimum atomic E-state index is 0.283. The summed E-state index contributed by atoms with van der Waals surface area (Å²) in [6.07, 6.45) is 6.93. The maximum absolute atomic E-state index is 11.1. The van der Waals surface area contributed by atoms with Crippen molar-refractivity contribution in [1.82, 2.24) is 0 Å². The van der Waals surface area contributed by atoms with Gasteiger partial charge in [0, 0.05) is 6.42 Å². The highest BCUT2D eigenvalue weighted by Crippen LogP contribution is 2.06. The average Bonchev–Trinajstić information content (AvgIpc) is 2.01. The smallest absolute Gasteiger partial charge is 0.155 e. The molecule has 0 aliphatic carbocycles. The van der Waals surface area contributed by atoms with Crippen molar-refractivity contribution in [2.45, 2.75) is 52.9 Å². The first kappa shape index (κ1) is 11.4. The Hall–Kier alpha value is -0.590. The van der Waals surface area contributed by atoms with E-state index in [1.807, 2.05) is 13.8 Å². The van der Waals surface area contributed by atoms with E-state index in [4.69, 9.17) is 0 Å². The molecule has 0 saturated carbocycles. The van der Waals surface area contributed by atoms with Crippen molar-refractivity contribution in [2.24, 2.45) is 0 Å². The van der Waals surface area contributed by atoms with Gasteiger partial charge in [0.25, 0.3) is 0 Å². The topological polar surface area (TPSA) is 17.1 Å². The van der Waals surface area contributed by atoms with Gasteiger partial charge in [0.1, 0.15) is 0 Å². The number of carbonyl (C=O) groups excluding carboxylic acids is 1. The highest BCUT2D eigenvalue weighted by Gasteiger charge is 1.96. The molecule has 70 valence electrons. The van der Waals surface area contributed by atoms with Crippen molar-refractivity contribution in [1.29, 1.82) is 0 Å². The molecule has 1 nitrogen and oxygen atoms in total. The first-order chi connectivity index (χ1) is 5.70. The molecule has 0 bridgehead atoms. The fourth-order valence-corrected chi connectivity index (χ4v) is 1.12. The van der Waals surface area contributed by atoms with Gasteiger partial charge >= 0.3 is 0 Å². The zero-order valence-electron chi connectivity index (χ0n) is 8.52. The van der Waals surface area contributed by atoms with Gasteiger partial charge in [0.2, 0.25) is 0 Å². The summed E-state index contributed by atoms with van der Waals surface area (Å²) in [7, 11) is 0. The average molecular weight is 168 g/mol.